The Morgan fingerprint density at radius 2 is 1.72 bits per heavy atom. The standard InChI is InChI=1S/C29H38FN3O3/c1-20-17-21(2)19-32(18-20)16-4-15-31-29(35)26-13-14-27(34)33(24-9-11-25(36-3)12-10-24)28(26)22-5-7-23(30)8-6-22/h5-12,20-21,26,28H,4,13-19H2,1-3H3,(H,31,35). The molecule has 36 heavy (non-hydrogen) atoms. The first-order valence-corrected chi connectivity index (χ1v) is 13.1. The second-order valence-electron chi connectivity index (χ2n) is 10.5. The number of hydrogen-bond acceptors (Lipinski definition) is 4. The van der Waals surface area contributed by atoms with Crippen LogP contribution in [0.4, 0.5) is 10.1 Å². The SMILES string of the molecule is COc1ccc(N2C(=O)CCC(C(=O)NCCCN3CC(C)CC(C)C3)C2c2ccc(F)cc2)cc1. The van der Waals surface area contributed by atoms with Crippen molar-refractivity contribution in [1.82, 2.24) is 10.2 Å². The van der Waals surface area contributed by atoms with E-state index in [1.54, 1.807) is 36.3 Å². The van der Waals surface area contributed by atoms with Crippen LogP contribution in [0.15, 0.2) is 48.5 Å². The van der Waals surface area contributed by atoms with E-state index in [4.69, 9.17) is 4.74 Å². The molecule has 6 nitrogen and oxygen atoms in total. The van der Waals surface area contributed by atoms with Crippen molar-refractivity contribution in [2.75, 3.05) is 38.2 Å². The average Bonchev–Trinajstić information content (AvgIpc) is 2.86. The molecule has 7 heteroatoms. The van der Waals surface area contributed by atoms with Gasteiger partial charge in [0, 0.05) is 31.7 Å². The molecule has 2 heterocycles. The van der Waals surface area contributed by atoms with Gasteiger partial charge in [0.1, 0.15) is 11.6 Å². The number of rotatable bonds is 8. The number of halogens is 1. The Morgan fingerprint density at radius 1 is 1.06 bits per heavy atom. The molecule has 2 saturated heterocycles. The molecule has 4 rings (SSSR count). The molecule has 2 aromatic rings. The number of carbonyl (C=O) groups is 2. The molecule has 194 valence electrons. The van der Waals surface area contributed by atoms with Gasteiger partial charge in [0.25, 0.3) is 0 Å². The first-order valence-electron chi connectivity index (χ1n) is 13.1. The largest absolute Gasteiger partial charge is 0.497 e. The predicted molar refractivity (Wildman–Crippen MR) is 139 cm³/mol. The smallest absolute Gasteiger partial charge is 0.227 e. The van der Waals surface area contributed by atoms with Gasteiger partial charge in [0.2, 0.25) is 11.8 Å². The lowest BCUT2D eigenvalue weighted by Gasteiger charge is -2.41. The van der Waals surface area contributed by atoms with E-state index in [1.165, 1.54) is 18.6 Å². The quantitative estimate of drug-likeness (QED) is 0.535. The van der Waals surface area contributed by atoms with Crippen LogP contribution in [0.5, 0.6) is 5.75 Å². The summed E-state index contributed by atoms with van der Waals surface area (Å²) in [4.78, 5) is 30.8. The molecule has 0 aliphatic carbocycles. The minimum atomic E-state index is -0.510. The fourth-order valence-electron chi connectivity index (χ4n) is 5.88. The van der Waals surface area contributed by atoms with Crippen molar-refractivity contribution in [3.63, 3.8) is 0 Å². The molecule has 0 radical (unpaired) electrons. The topological polar surface area (TPSA) is 61.9 Å². The second-order valence-corrected chi connectivity index (χ2v) is 10.5. The molecule has 0 bridgehead atoms. The van der Waals surface area contributed by atoms with Crippen LogP contribution in [-0.4, -0.2) is 50.0 Å². The molecule has 2 aromatic carbocycles. The Kier molecular flexibility index (Phi) is 8.62. The van der Waals surface area contributed by atoms with E-state index >= 15 is 0 Å². The zero-order valence-electron chi connectivity index (χ0n) is 21.6. The first-order chi connectivity index (χ1) is 17.4. The Labute approximate surface area is 213 Å². The van der Waals surface area contributed by atoms with Crippen molar-refractivity contribution in [2.45, 2.75) is 45.6 Å². The van der Waals surface area contributed by atoms with E-state index in [0.29, 0.717) is 36.2 Å². The number of hydrogen-bond donors (Lipinski definition) is 1. The molecule has 4 atom stereocenters. The van der Waals surface area contributed by atoms with Crippen molar-refractivity contribution in [1.29, 1.82) is 0 Å². The van der Waals surface area contributed by atoms with Crippen LogP contribution >= 0.6 is 0 Å². The normalized spacial score (nSPS) is 25.0. The summed E-state index contributed by atoms with van der Waals surface area (Å²) in [6, 6.07) is 12.9. The zero-order chi connectivity index (χ0) is 25.7. The van der Waals surface area contributed by atoms with E-state index < -0.39 is 12.0 Å². The lowest BCUT2D eigenvalue weighted by atomic mass is 9.83. The third-order valence-electron chi connectivity index (χ3n) is 7.39. The van der Waals surface area contributed by atoms with Gasteiger partial charge in [0.05, 0.1) is 19.1 Å². The molecule has 0 saturated carbocycles. The van der Waals surface area contributed by atoms with E-state index in [-0.39, 0.29) is 24.1 Å². The van der Waals surface area contributed by atoms with Crippen LogP contribution < -0.4 is 15.0 Å². The van der Waals surface area contributed by atoms with Gasteiger partial charge in [0.15, 0.2) is 0 Å². The highest BCUT2D eigenvalue weighted by atomic mass is 19.1. The minimum absolute atomic E-state index is 0.0492. The maximum Gasteiger partial charge on any atom is 0.227 e. The highest BCUT2D eigenvalue weighted by Gasteiger charge is 2.41. The molecule has 0 spiro atoms. The first kappa shape index (κ1) is 26.1. The molecule has 1 N–H and O–H groups in total. The Bertz CT molecular complexity index is 1020. The van der Waals surface area contributed by atoms with Crippen LogP contribution in [0.1, 0.15) is 51.1 Å². The average molecular weight is 496 g/mol. The predicted octanol–water partition coefficient (Wildman–Crippen LogP) is 4.80. The van der Waals surface area contributed by atoms with Crippen LogP contribution in [-0.2, 0) is 9.59 Å². The number of nitrogens with zero attached hydrogens (tertiary/aromatic N) is 2. The number of nitrogens with one attached hydrogen (secondary N) is 1. The number of ether oxygens (including phenoxy) is 1. The number of piperidine rings is 2. The number of likely N-dealkylation sites (tertiary alicyclic amines) is 1. The summed E-state index contributed by atoms with van der Waals surface area (Å²) in [5.74, 6) is 1.23. The summed E-state index contributed by atoms with van der Waals surface area (Å²) in [5.41, 5.74) is 1.44. The van der Waals surface area contributed by atoms with Crippen molar-refractivity contribution in [2.24, 2.45) is 17.8 Å². The summed E-state index contributed by atoms with van der Waals surface area (Å²) < 4.78 is 19.0. The summed E-state index contributed by atoms with van der Waals surface area (Å²) in [7, 11) is 1.59. The summed E-state index contributed by atoms with van der Waals surface area (Å²) in [6.07, 6.45) is 2.91. The summed E-state index contributed by atoms with van der Waals surface area (Å²) >= 11 is 0. The van der Waals surface area contributed by atoms with Crippen molar-refractivity contribution in [3.05, 3.63) is 59.9 Å². The highest BCUT2D eigenvalue weighted by Crippen LogP contribution is 2.40. The molecule has 2 aliphatic heterocycles. The summed E-state index contributed by atoms with van der Waals surface area (Å²) in [5, 5.41) is 3.13. The number of amides is 2. The van der Waals surface area contributed by atoms with Crippen LogP contribution in [0.25, 0.3) is 0 Å². The van der Waals surface area contributed by atoms with E-state index in [1.807, 2.05) is 12.1 Å². The van der Waals surface area contributed by atoms with Crippen molar-refractivity contribution < 1.29 is 18.7 Å². The van der Waals surface area contributed by atoms with Gasteiger partial charge in [-0.05, 0) is 79.6 Å². The van der Waals surface area contributed by atoms with Crippen LogP contribution in [0, 0.1) is 23.6 Å². The molecule has 2 amide bonds. The van der Waals surface area contributed by atoms with Gasteiger partial charge in [-0.2, -0.15) is 0 Å². The highest BCUT2D eigenvalue weighted by molar-refractivity contribution is 5.97. The van der Waals surface area contributed by atoms with Gasteiger partial charge in [-0.15, -0.1) is 0 Å². The molecule has 4 unspecified atom stereocenters. The third-order valence-corrected chi connectivity index (χ3v) is 7.39. The van der Waals surface area contributed by atoms with Gasteiger partial charge >= 0.3 is 0 Å². The lowest BCUT2D eigenvalue weighted by molar-refractivity contribution is -0.129. The van der Waals surface area contributed by atoms with Crippen LogP contribution in [0.3, 0.4) is 0 Å². The number of methoxy groups -OCH3 is 1. The number of carbonyl (C=O) groups excluding carboxylic acids is 2. The fraction of sp³-hybridized carbons (Fsp3) is 0.517. The Morgan fingerprint density at radius 3 is 2.36 bits per heavy atom. The fourth-order valence-corrected chi connectivity index (χ4v) is 5.88. The van der Waals surface area contributed by atoms with Crippen LogP contribution in [0.2, 0.25) is 0 Å². The van der Waals surface area contributed by atoms with Gasteiger partial charge in [-0.1, -0.05) is 26.0 Å². The Hall–Kier alpha value is -2.93. The van der Waals surface area contributed by atoms with E-state index in [2.05, 4.69) is 24.1 Å². The second kappa shape index (κ2) is 11.9. The number of anilines is 1. The maximum atomic E-state index is 13.7. The van der Waals surface area contributed by atoms with Gasteiger partial charge < -0.3 is 19.9 Å². The molecule has 2 fully saturated rings. The molecular formula is C29H38FN3O3. The molecule has 2 aliphatic rings. The van der Waals surface area contributed by atoms with Crippen molar-refractivity contribution >= 4 is 17.5 Å². The van der Waals surface area contributed by atoms with Gasteiger partial charge in [-0.3, -0.25) is 9.59 Å². The monoisotopic (exact) mass is 495 g/mol. The summed E-state index contributed by atoms with van der Waals surface area (Å²) in [6.45, 7) is 8.41. The van der Waals surface area contributed by atoms with E-state index in [0.717, 1.165) is 31.6 Å². The minimum Gasteiger partial charge on any atom is -0.497 e. The lowest BCUT2D eigenvalue weighted by Crippen LogP contribution is -2.48. The Balaban J connectivity index is 1.48. The van der Waals surface area contributed by atoms with Crippen molar-refractivity contribution in [3.8, 4) is 5.75 Å². The number of benzene rings is 2. The maximum absolute atomic E-state index is 13.7. The van der Waals surface area contributed by atoms with E-state index in [9.17, 15) is 14.0 Å². The zero-order valence-corrected chi connectivity index (χ0v) is 21.6. The molecule has 0 aromatic heterocycles. The molecular weight excluding hydrogens is 457 g/mol. The van der Waals surface area contributed by atoms with Gasteiger partial charge in [-0.25, -0.2) is 4.39 Å². The third kappa shape index (κ3) is 6.25.